The summed E-state index contributed by atoms with van der Waals surface area (Å²) in [7, 11) is 1.64. The summed E-state index contributed by atoms with van der Waals surface area (Å²) in [6.07, 6.45) is 0. The van der Waals surface area contributed by atoms with Crippen LogP contribution in [0.5, 0.6) is 5.75 Å². The van der Waals surface area contributed by atoms with Crippen molar-refractivity contribution in [2.24, 2.45) is 0 Å². The lowest BCUT2D eigenvalue weighted by molar-refractivity contribution is 0.0989. The first-order valence-corrected chi connectivity index (χ1v) is 6.32. The highest BCUT2D eigenvalue weighted by Crippen LogP contribution is 2.25. The van der Waals surface area contributed by atoms with Crippen molar-refractivity contribution in [3.8, 4) is 5.75 Å². The zero-order chi connectivity index (χ0) is 14.9. The van der Waals surface area contributed by atoms with Gasteiger partial charge in [0.1, 0.15) is 5.75 Å². The van der Waals surface area contributed by atoms with Gasteiger partial charge in [-0.1, -0.05) is 13.8 Å². The lowest BCUT2D eigenvalue weighted by Crippen LogP contribution is -2.27. The van der Waals surface area contributed by atoms with Crippen molar-refractivity contribution in [1.29, 1.82) is 0 Å². The second kappa shape index (κ2) is 5.24. The molecule has 0 aliphatic heterocycles. The molecule has 1 amide bonds. The average Bonchev–Trinajstić information content (AvgIpc) is 2.80. The van der Waals surface area contributed by atoms with Crippen LogP contribution in [0.25, 0.3) is 0 Å². The summed E-state index contributed by atoms with van der Waals surface area (Å²) in [4.78, 5) is 13.8. The second-order valence-electron chi connectivity index (χ2n) is 4.93. The topological polar surface area (TPSA) is 95.2 Å². The Morgan fingerprint density at radius 2 is 1.95 bits per heavy atom. The Morgan fingerprint density at radius 3 is 2.45 bits per heavy atom. The zero-order valence-corrected chi connectivity index (χ0v) is 11.7. The molecular formula is C14H18N4O2. The van der Waals surface area contributed by atoms with E-state index in [2.05, 4.69) is 10.2 Å². The Hall–Kier alpha value is -2.50. The highest BCUT2D eigenvalue weighted by molar-refractivity contribution is 6.07. The van der Waals surface area contributed by atoms with Gasteiger partial charge in [-0.05, 0) is 30.2 Å². The van der Waals surface area contributed by atoms with E-state index in [-0.39, 0.29) is 23.3 Å². The predicted octanol–water partition coefficient (Wildman–Crippen LogP) is 2.10. The SMILES string of the molecule is CC(C)c1[nH]nc(C(=O)N(C)c2ccc(O)cc2)c1N. The van der Waals surface area contributed by atoms with Gasteiger partial charge >= 0.3 is 0 Å². The Kier molecular flexibility index (Phi) is 3.65. The molecule has 0 aliphatic carbocycles. The Bertz CT molecular complexity index is 617. The number of aromatic nitrogens is 2. The van der Waals surface area contributed by atoms with E-state index < -0.39 is 0 Å². The van der Waals surface area contributed by atoms with Crippen molar-refractivity contribution in [3.63, 3.8) is 0 Å². The average molecular weight is 274 g/mol. The maximum Gasteiger partial charge on any atom is 0.280 e. The molecule has 0 aliphatic rings. The summed E-state index contributed by atoms with van der Waals surface area (Å²) in [5.74, 6) is 0.0235. The molecule has 0 spiro atoms. The minimum Gasteiger partial charge on any atom is -0.508 e. The molecule has 2 aromatic rings. The second-order valence-corrected chi connectivity index (χ2v) is 4.93. The molecule has 0 saturated heterocycles. The standard InChI is InChI=1S/C14H18N4O2/c1-8(2)12-11(15)13(17-16-12)14(20)18(3)9-4-6-10(19)7-5-9/h4-8,19H,15H2,1-3H3,(H,16,17). The summed E-state index contributed by atoms with van der Waals surface area (Å²) in [6, 6.07) is 6.35. The molecule has 0 fully saturated rings. The van der Waals surface area contributed by atoms with Gasteiger partial charge in [0.15, 0.2) is 5.69 Å². The first-order valence-electron chi connectivity index (χ1n) is 6.32. The molecule has 0 bridgehead atoms. The minimum absolute atomic E-state index is 0.149. The monoisotopic (exact) mass is 274 g/mol. The van der Waals surface area contributed by atoms with E-state index in [1.807, 2.05) is 13.8 Å². The number of phenolic OH excluding ortho intramolecular Hbond substituents is 1. The van der Waals surface area contributed by atoms with Crippen LogP contribution >= 0.6 is 0 Å². The maximum atomic E-state index is 12.4. The fourth-order valence-corrected chi connectivity index (χ4v) is 1.92. The van der Waals surface area contributed by atoms with Gasteiger partial charge in [0, 0.05) is 12.7 Å². The molecule has 20 heavy (non-hydrogen) atoms. The van der Waals surface area contributed by atoms with Crippen molar-refractivity contribution in [3.05, 3.63) is 35.7 Å². The van der Waals surface area contributed by atoms with Crippen molar-refractivity contribution >= 4 is 17.3 Å². The number of phenols is 1. The molecular weight excluding hydrogens is 256 g/mol. The number of anilines is 2. The number of nitrogens with two attached hydrogens (primary N) is 1. The van der Waals surface area contributed by atoms with Gasteiger partial charge in [-0.2, -0.15) is 5.10 Å². The highest BCUT2D eigenvalue weighted by Gasteiger charge is 2.22. The maximum absolute atomic E-state index is 12.4. The van der Waals surface area contributed by atoms with E-state index in [9.17, 15) is 9.90 Å². The Morgan fingerprint density at radius 1 is 1.35 bits per heavy atom. The van der Waals surface area contributed by atoms with Crippen molar-refractivity contribution in [2.75, 3.05) is 17.7 Å². The van der Waals surface area contributed by atoms with Gasteiger partial charge in [0.05, 0.1) is 11.4 Å². The van der Waals surface area contributed by atoms with Gasteiger partial charge < -0.3 is 15.7 Å². The molecule has 4 N–H and O–H groups in total. The summed E-state index contributed by atoms with van der Waals surface area (Å²) in [5.41, 5.74) is 7.97. The van der Waals surface area contributed by atoms with Gasteiger partial charge in [0.25, 0.3) is 5.91 Å². The fourth-order valence-electron chi connectivity index (χ4n) is 1.92. The van der Waals surface area contributed by atoms with E-state index in [0.29, 0.717) is 11.4 Å². The van der Waals surface area contributed by atoms with Gasteiger partial charge in [0.2, 0.25) is 0 Å². The number of nitrogens with zero attached hydrogens (tertiary/aromatic N) is 2. The lowest BCUT2D eigenvalue weighted by Gasteiger charge is -2.16. The molecule has 0 unspecified atom stereocenters. The van der Waals surface area contributed by atoms with Crippen LogP contribution in [0.2, 0.25) is 0 Å². The molecule has 0 radical (unpaired) electrons. The summed E-state index contributed by atoms with van der Waals surface area (Å²) < 4.78 is 0. The molecule has 106 valence electrons. The molecule has 0 atom stereocenters. The van der Waals surface area contributed by atoms with E-state index in [1.54, 1.807) is 19.2 Å². The molecule has 1 heterocycles. The van der Waals surface area contributed by atoms with Crippen LogP contribution in [0.3, 0.4) is 0 Å². The number of carbonyl (C=O) groups excluding carboxylic acids is 1. The van der Waals surface area contributed by atoms with Crippen LogP contribution in [0, 0.1) is 0 Å². The minimum atomic E-state index is -0.295. The van der Waals surface area contributed by atoms with Crippen LogP contribution in [0.4, 0.5) is 11.4 Å². The van der Waals surface area contributed by atoms with Crippen molar-refractivity contribution in [1.82, 2.24) is 10.2 Å². The quantitative estimate of drug-likeness (QED) is 0.798. The number of benzene rings is 1. The summed E-state index contributed by atoms with van der Waals surface area (Å²) >= 11 is 0. The number of amides is 1. The Labute approximate surface area is 117 Å². The molecule has 6 heteroatoms. The summed E-state index contributed by atoms with van der Waals surface area (Å²) in [6.45, 7) is 3.95. The van der Waals surface area contributed by atoms with Crippen molar-refractivity contribution < 1.29 is 9.90 Å². The smallest absolute Gasteiger partial charge is 0.280 e. The molecule has 0 saturated carbocycles. The summed E-state index contributed by atoms with van der Waals surface area (Å²) in [5, 5.41) is 16.1. The van der Waals surface area contributed by atoms with Crippen LogP contribution in [-0.4, -0.2) is 28.3 Å². The van der Waals surface area contributed by atoms with Gasteiger partial charge in [-0.3, -0.25) is 9.89 Å². The number of nitrogen functional groups attached to an aromatic ring is 1. The number of hydrogen-bond acceptors (Lipinski definition) is 4. The van der Waals surface area contributed by atoms with Crippen LogP contribution in [0.1, 0.15) is 35.9 Å². The fraction of sp³-hybridized carbons (Fsp3) is 0.286. The number of hydrogen-bond donors (Lipinski definition) is 3. The van der Waals surface area contributed by atoms with Crippen LogP contribution < -0.4 is 10.6 Å². The van der Waals surface area contributed by atoms with E-state index in [1.165, 1.54) is 17.0 Å². The Balaban J connectivity index is 2.29. The van der Waals surface area contributed by atoms with E-state index in [0.717, 1.165) is 5.69 Å². The van der Waals surface area contributed by atoms with E-state index in [4.69, 9.17) is 5.73 Å². The van der Waals surface area contributed by atoms with E-state index >= 15 is 0 Å². The molecule has 6 nitrogen and oxygen atoms in total. The predicted molar refractivity (Wildman–Crippen MR) is 77.9 cm³/mol. The number of aromatic amines is 1. The third-order valence-electron chi connectivity index (χ3n) is 3.16. The van der Waals surface area contributed by atoms with Gasteiger partial charge in [-0.15, -0.1) is 0 Å². The normalized spacial score (nSPS) is 10.8. The number of nitrogens with one attached hydrogen (secondary N) is 1. The third kappa shape index (κ3) is 2.45. The first kappa shape index (κ1) is 13.9. The number of rotatable bonds is 3. The number of H-pyrrole nitrogens is 1. The highest BCUT2D eigenvalue weighted by atomic mass is 16.3. The molecule has 1 aromatic carbocycles. The number of aromatic hydroxyl groups is 1. The van der Waals surface area contributed by atoms with Crippen molar-refractivity contribution in [2.45, 2.75) is 19.8 Å². The van der Waals surface area contributed by atoms with Gasteiger partial charge in [-0.25, -0.2) is 0 Å². The lowest BCUT2D eigenvalue weighted by atomic mass is 10.1. The van der Waals surface area contributed by atoms with Crippen LogP contribution in [0.15, 0.2) is 24.3 Å². The van der Waals surface area contributed by atoms with Crippen LogP contribution in [-0.2, 0) is 0 Å². The largest absolute Gasteiger partial charge is 0.508 e. The first-order chi connectivity index (χ1) is 9.41. The molecule has 1 aromatic heterocycles. The zero-order valence-electron chi connectivity index (χ0n) is 11.7. The third-order valence-corrected chi connectivity index (χ3v) is 3.16. The molecule has 2 rings (SSSR count). The number of carbonyl (C=O) groups is 1.